The van der Waals surface area contributed by atoms with Crippen LogP contribution >= 0.6 is 0 Å². The number of likely N-dealkylation sites (tertiary alicyclic amines) is 1. The van der Waals surface area contributed by atoms with Gasteiger partial charge in [-0.05, 0) is 36.8 Å². The lowest BCUT2D eigenvalue weighted by Gasteiger charge is -2.27. The molecule has 1 atom stereocenters. The van der Waals surface area contributed by atoms with Crippen molar-refractivity contribution in [3.63, 3.8) is 0 Å². The van der Waals surface area contributed by atoms with Crippen molar-refractivity contribution in [3.8, 4) is 0 Å². The van der Waals surface area contributed by atoms with Gasteiger partial charge in [0.05, 0.1) is 0 Å². The molecule has 5 heteroatoms. The van der Waals surface area contributed by atoms with E-state index in [2.05, 4.69) is 18.2 Å². The molecule has 2 amide bonds. The third kappa shape index (κ3) is 3.09. The summed E-state index contributed by atoms with van der Waals surface area (Å²) in [4.78, 5) is 28.6. The number of amides is 2. The molecular weight excluding hydrogens is 326 g/mol. The Hall–Kier alpha value is -2.69. The topological polar surface area (TPSA) is 64.5 Å². The highest BCUT2D eigenvalue weighted by molar-refractivity contribution is 6.03. The Balaban J connectivity index is 1.36. The number of hydrogen-bond donors (Lipinski definition) is 1. The maximum Gasteiger partial charge on any atom is 0.254 e. The number of allylic oxidation sites excluding steroid dienone is 1. The lowest BCUT2D eigenvalue weighted by molar-refractivity contribution is -0.140. The van der Waals surface area contributed by atoms with Crippen LogP contribution in [0.3, 0.4) is 0 Å². The summed E-state index contributed by atoms with van der Waals surface area (Å²) in [5.41, 5.74) is 3.86. The van der Waals surface area contributed by atoms with Crippen LogP contribution in [-0.2, 0) is 16.0 Å². The fourth-order valence-corrected chi connectivity index (χ4v) is 4.07. The van der Waals surface area contributed by atoms with Gasteiger partial charge in [-0.2, -0.15) is 0 Å². The van der Waals surface area contributed by atoms with Crippen molar-refractivity contribution in [2.45, 2.75) is 44.6 Å². The van der Waals surface area contributed by atoms with Crippen molar-refractivity contribution in [2.24, 2.45) is 0 Å². The Morgan fingerprint density at radius 2 is 2.08 bits per heavy atom. The van der Waals surface area contributed by atoms with Crippen LogP contribution in [0.4, 0.5) is 0 Å². The molecule has 0 radical (unpaired) electrons. The second-order valence-electron chi connectivity index (χ2n) is 7.17. The minimum atomic E-state index is -0.416. The summed E-state index contributed by atoms with van der Waals surface area (Å²) in [6.07, 6.45) is 9.78. The van der Waals surface area contributed by atoms with Gasteiger partial charge in [-0.15, -0.1) is 0 Å². The van der Waals surface area contributed by atoms with Crippen molar-refractivity contribution in [2.75, 3.05) is 6.54 Å². The summed E-state index contributed by atoms with van der Waals surface area (Å²) in [6.45, 7) is 0.638. The van der Waals surface area contributed by atoms with E-state index in [0.717, 1.165) is 19.3 Å². The fourth-order valence-electron chi connectivity index (χ4n) is 4.07. The normalized spacial score (nSPS) is 21.3. The van der Waals surface area contributed by atoms with Crippen LogP contribution in [0.25, 0.3) is 6.08 Å². The first-order valence-electron chi connectivity index (χ1n) is 9.27. The summed E-state index contributed by atoms with van der Waals surface area (Å²) in [6, 6.07) is 7.91. The molecule has 0 saturated carbocycles. The number of nitrogens with one attached hydrogen (secondary N) is 1. The molecule has 1 saturated heterocycles. The second kappa shape index (κ2) is 6.90. The highest BCUT2D eigenvalue weighted by Gasteiger charge is 2.37. The summed E-state index contributed by atoms with van der Waals surface area (Å²) in [5.74, 6) is 0.206. The second-order valence-corrected chi connectivity index (χ2v) is 7.17. The third-order valence-corrected chi connectivity index (χ3v) is 5.44. The van der Waals surface area contributed by atoms with Crippen molar-refractivity contribution in [1.29, 1.82) is 5.41 Å². The number of nitrogens with zero attached hydrogens (tertiary/aromatic N) is 2. The van der Waals surface area contributed by atoms with E-state index in [4.69, 9.17) is 5.41 Å². The van der Waals surface area contributed by atoms with Crippen LogP contribution in [0.15, 0.2) is 42.1 Å². The first-order chi connectivity index (χ1) is 12.6. The Morgan fingerprint density at radius 3 is 2.85 bits per heavy atom. The Labute approximate surface area is 153 Å². The highest BCUT2D eigenvalue weighted by atomic mass is 16.2. The van der Waals surface area contributed by atoms with E-state index in [1.165, 1.54) is 21.6 Å². The van der Waals surface area contributed by atoms with Crippen LogP contribution in [0.2, 0.25) is 0 Å². The molecule has 1 aromatic carbocycles. The van der Waals surface area contributed by atoms with Crippen molar-refractivity contribution < 1.29 is 9.59 Å². The first kappa shape index (κ1) is 16.8. The monoisotopic (exact) mass is 349 g/mol. The van der Waals surface area contributed by atoms with E-state index in [-0.39, 0.29) is 11.8 Å². The van der Waals surface area contributed by atoms with E-state index in [1.54, 1.807) is 11.1 Å². The molecular formula is C21H23N3O2. The van der Waals surface area contributed by atoms with Crippen LogP contribution in [0, 0.1) is 5.41 Å². The van der Waals surface area contributed by atoms with Gasteiger partial charge in [0.2, 0.25) is 5.91 Å². The van der Waals surface area contributed by atoms with Crippen LogP contribution in [-0.4, -0.2) is 40.0 Å². The van der Waals surface area contributed by atoms with Gasteiger partial charge in [-0.1, -0.05) is 42.0 Å². The van der Waals surface area contributed by atoms with Crippen LogP contribution in [0.1, 0.15) is 43.2 Å². The van der Waals surface area contributed by atoms with E-state index < -0.39 is 6.04 Å². The van der Waals surface area contributed by atoms with Crippen LogP contribution in [0.5, 0.6) is 0 Å². The van der Waals surface area contributed by atoms with Gasteiger partial charge in [0, 0.05) is 25.6 Å². The minimum absolute atomic E-state index is 0.0485. The molecule has 1 aromatic rings. The Kier molecular flexibility index (Phi) is 4.45. The molecule has 4 rings (SSSR count). The lowest BCUT2D eigenvalue weighted by atomic mass is 10.1. The van der Waals surface area contributed by atoms with Gasteiger partial charge in [-0.3, -0.25) is 19.9 Å². The van der Waals surface area contributed by atoms with Gasteiger partial charge in [0.1, 0.15) is 11.9 Å². The van der Waals surface area contributed by atoms with E-state index in [0.29, 0.717) is 31.6 Å². The molecule has 1 N–H and O–H groups in total. The summed E-state index contributed by atoms with van der Waals surface area (Å²) in [7, 11) is 0. The third-order valence-electron chi connectivity index (χ3n) is 5.44. The zero-order chi connectivity index (χ0) is 18.1. The zero-order valence-electron chi connectivity index (χ0n) is 14.8. The van der Waals surface area contributed by atoms with Gasteiger partial charge in [0.15, 0.2) is 0 Å². The minimum Gasteiger partial charge on any atom is -0.331 e. The molecule has 1 fully saturated rings. The predicted octanol–water partition coefficient (Wildman–Crippen LogP) is 3.12. The lowest BCUT2D eigenvalue weighted by Crippen LogP contribution is -2.46. The standard InChI is InChI=1S/C21H23N3O2/c22-19-8-4-12-24(19)21(26)18-7-3-11-23(18)20(25)10-9-15-13-16-5-1-2-6-17(16)14-15/h1-2,4-6,12-13,18,22H,3,7-11,14H2/t18-/m0/s1. The van der Waals surface area contributed by atoms with Gasteiger partial charge >= 0.3 is 0 Å². The SMILES string of the molecule is N=C1CC=CN1C(=O)[C@@H]1CCCN1C(=O)CCC1=Cc2ccccc2C1. The maximum absolute atomic E-state index is 12.7. The zero-order valence-corrected chi connectivity index (χ0v) is 14.8. The first-order valence-corrected chi connectivity index (χ1v) is 9.27. The molecule has 5 nitrogen and oxygen atoms in total. The number of amidine groups is 1. The summed E-state index contributed by atoms with van der Waals surface area (Å²) < 4.78 is 0. The largest absolute Gasteiger partial charge is 0.331 e. The molecule has 26 heavy (non-hydrogen) atoms. The highest BCUT2D eigenvalue weighted by Crippen LogP contribution is 2.28. The van der Waals surface area contributed by atoms with Gasteiger partial charge < -0.3 is 4.90 Å². The Bertz CT molecular complexity index is 824. The average molecular weight is 349 g/mol. The summed E-state index contributed by atoms with van der Waals surface area (Å²) in [5, 5.41) is 7.86. The maximum atomic E-state index is 12.7. The number of rotatable bonds is 4. The molecule has 0 spiro atoms. The van der Waals surface area contributed by atoms with Gasteiger partial charge in [0.25, 0.3) is 5.91 Å². The number of fused-ring (bicyclic) bond motifs is 1. The average Bonchev–Trinajstić information content (AvgIpc) is 3.37. The molecule has 3 aliphatic rings. The number of benzene rings is 1. The van der Waals surface area contributed by atoms with E-state index in [1.807, 2.05) is 18.2 Å². The smallest absolute Gasteiger partial charge is 0.254 e. The summed E-state index contributed by atoms with van der Waals surface area (Å²) >= 11 is 0. The molecule has 2 heterocycles. The molecule has 134 valence electrons. The molecule has 2 aliphatic heterocycles. The number of carbonyl (C=O) groups excluding carboxylic acids is 2. The molecule has 0 bridgehead atoms. The number of carbonyl (C=O) groups is 2. The van der Waals surface area contributed by atoms with Crippen molar-refractivity contribution >= 4 is 23.7 Å². The predicted molar refractivity (Wildman–Crippen MR) is 100 cm³/mol. The quantitative estimate of drug-likeness (QED) is 0.908. The number of hydrogen-bond acceptors (Lipinski definition) is 3. The van der Waals surface area contributed by atoms with Crippen molar-refractivity contribution in [1.82, 2.24) is 9.80 Å². The van der Waals surface area contributed by atoms with Gasteiger partial charge in [-0.25, -0.2) is 0 Å². The van der Waals surface area contributed by atoms with Crippen molar-refractivity contribution in [3.05, 3.63) is 53.2 Å². The Morgan fingerprint density at radius 1 is 1.23 bits per heavy atom. The fraction of sp³-hybridized carbons (Fsp3) is 0.381. The van der Waals surface area contributed by atoms with E-state index >= 15 is 0 Å². The molecule has 0 unspecified atom stereocenters. The molecule has 1 aliphatic carbocycles. The molecule has 0 aromatic heterocycles. The van der Waals surface area contributed by atoms with Crippen LogP contribution < -0.4 is 0 Å². The van der Waals surface area contributed by atoms with E-state index in [9.17, 15) is 9.59 Å².